The second-order valence-electron chi connectivity index (χ2n) is 5.39. The molecule has 1 amide bonds. The summed E-state index contributed by atoms with van der Waals surface area (Å²) in [6.07, 6.45) is 6.49. The molecule has 1 fully saturated rings. The van der Waals surface area contributed by atoms with Crippen LogP contribution < -0.4 is 5.73 Å². The molecule has 1 saturated carbocycles. The highest BCUT2D eigenvalue weighted by molar-refractivity contribution is 7.13. The normalized spacial score (nSPS) is 15.4. The van der Waals surface area contributed by atoms with E-state index < -0.39 is 0 Å². The Morgan fingerprint density at radius 3 is 2.90 bits per heavy atom. The van der Waals surface area contributed by atoms with Gasteiger partial charge < -0.3 is 15.1 Å². The van der Waals surface area contributed by atoms with Gasteiger partial charge in [-0.05, 0) is 25.0 Å². The molecule has 5 nitrogen and oxygen atoms in total. The summed E-state index contributed by atoms with van der Waals surface area (Å²) in [6.45, 7) is 0.538. The summed E-state index contributed by atoms with van der Waals surface area (Å²) in [4.78, 5) is 18.8. The largest absolute Gasteiger partial charge is 0.467 e. The number of carbonyl (C=O) groups excluding carboxylic acids is 1. The van der Waals surface area contributed by atoms with Crippen molar-refractivity contribution in [2.45, 2.75) is 44.7 Å². The monoisotopic (exact) mass is 305 g/mol. The Morgan fingerprint density at radius 1 is 1.48 bits per heavy atom. The lowest BCUT2D eigenvalue weighted by atomic mass is 10.1. The molecule has 0 radical (unpaired) electrons. The van der Waals surface area contributed by atoms with Crippen molar-refractivity contribution in [2.24, 2.45) is 0 Å². The molecular weight excluding hydrogens is 286 g/mol. The first-order valence-corrected chi connectivity index (χ1v) is 8.12. The van der Waals surface area contributed by atoms with Crippen LogP contribution in [0.5, 0.6) is 0 Å². The van der Waals surface area contributed by atoms with Crippen LogP contribution in [0.25, 0.3) is 0 Å². The molecule has 0 aliphatic heterocycles. The lowest BCUT2D eigenvalue weighted by Crippen LogP contribution is -2.39. The minimum atomic E-state index is 0.101. The average molecular weight is 305 g/mol. The molecule has 0 atom stereocenters. The number of amides is 1. The van der Waals surface area contributed by atoms with Crippen LogP contribution in [-0.2, 0) is 17.8 Å². The van der Waals surface area contributed by atoms with Gasteiger partial charge in [-0.15, -0.1) is 11.3 Å². The van der Waals surface area contributed by atoms with Gasteiger partial charge >= 0.3 is 0 Å². The number of hydrogen-bond donors (Lipinski definition) is 1. The van der Waals surface area contributed by atoms with Crippen LogP contribution >= 0.6 is 11.3 Å². The van der Waals surface area contributed by atoms with E-state index >= 15 is 0 Å². The van der Waals surface area contributed by atoms with Crippen LogP contribution in [0.3, 0.4) is 0 Å². The van der Waals surface area contributed by atoms with Crippen LogP contribution in [0.2, 0.25) is 0 Å². The Bertz CT molecular complexity index is 588. The van der Waals surface area contributed by atoms with Gasteiger partial charge in [0.1, 0.15) is 5.76 Å². The third-order valence-electron chi connectivity index (χ3n) is 3.89. The van der Waals surface area contributed by atoms with Crippen molar-refractivity contribution < 1.29 is 9.21 Å². The first-order valence-electron chi connectivity index (χ1n) is 7.24. The second kappa shape index (κ2) is 6.30. The summed E-state index contributed by atoms with van der Waals surface area (Å²) in [7, 11) is 0. The lowest BCUT2D eigenvalue weighted by molar-refractivity contribution is -0.133. The number of aromatic nitrogens is 1. The van der Waals surface area contributed by atoms with Gasteiger partial charge in [-0.1, -0.05) is 12.8 Å². The maximum atomic E-state index is 12.6. The minimum absolute atomic E-state index is 0.101. The number of hydrogen-bond acceptors (Lipinski definition) is 5. The van der Waals surface area contributed by atoms with E-state index in [1.54, 1.807) is 6.26 Å². The van der Waals surface area contributed by atoms with Crippen molar-refractivity contribution in [3.63, 3.8) is 0 Å². The predicted octanol–water partition coefficient (Wildman–Crippen LogP) is 2.83. The molecule has 1 aliphatic rings. The smallest absolute Gasteiger partial charge is 0.229 e. The molecular formula is C15H19N3O2S. The number of nitrogen functional groups attached to an aromatic ring is 1. The first-order chi connectivity index (χ1) is 10.2. The number of thiazole rings is 1. The van der Waals surface area contributed by atoms with Gasteiger partial charge in [-0.3, -0.25) is 4.79 Å². The van der Waals surface area contributed by atoms with Gasteiger partial charge in [0.25, 0.3) is 0 Å². The predicted molar refractivity (Wildman–Crippen MR) is 81.7 cm³/mol. The van der Waals surface area contributed by atoms with Gasteiger partial charge in [-0.25, -0.2) is 4.98 Å². The molecule has 0 bridgehead atoms. The molecule has 1 aliphatic carbocycles. The van der Waals surface area contributed by atoms with Crippen LogP contribution in [-0.4, -0.2) is 21.8 Å². The van der Waals surface area contributed by atoms with Gasteiger partial charge in [0.05, 0.1) is 24.9 Å². The molecule has 3 rings (SSSR count). The third kappa shape index (κ3) is 3.44. The molecule has 112 valence electrons. The number of furan rings is 1. The number of carbonyl (C=O) groups is 1. The van der Waals surface area contributed by atoms with E-state index in [2.05, 4.69) is 4.98 Å². The maximum absolute atomic E-state index is 12.6. The van der Waals surface area contributed by atoms with E-state index in [4.69, 9.17) is 10.2 Å². The van der Waals surface area contributed by atoms with Crippen LogP contribution in [0.1, 0.15) is 37.1 Å². The van der Waals surface area contributed by atoms with Gasteiger partial charge in [-0.2, -0.15) is 0 Å². The summed E-state index contributed by atoms with van der Waals surface area (Å²) in [5.41, 5.74) is 6.38. The second-order valence-corrected chi connectivity index (χ2v) is 6.28. The Labute approximate surface area is 127 Å². The molecule has 2 N–H and O–H groups in total. The standard InChI is InChI=1S/C15H19N3O2S/c16-15-17-11(10-21-15)8-14(19)18(12-4-1-2-5-12)9-13-6-3-7-20-13/h3,6-7,10,12H,1-2,4-5,8-9H2,(H2,16,17). The summed E-state index contributed by atoms with van der Waals surface area (Å²) >= 11 is 1.37. The molecule has 21 heavy (non-hydrogen) atoms. The van der Waals surface area contributed by atoms with Gasteiger partial charge in [0.2, 0.25) is 5.91 Å². The summed E-state index contributed by atoms with van der Waals surface area (Å²) in [5, 5.41) is 2.36. The highest BCUT2D eigenvalue weighted by Crippen LogP contribution is 2.26. The minimum Gasteiger partial charge on any atom is -0.467 e. The number of nitrogens with two attached hydrogens (primary N) is 1. The zero-order valence-corrected chi connectivity index (χ0v) is 12.6. The quantitative estimate of drug-likeness (QED) is 0.922. The molecule has 6 heteroatoms. The highest BCUT2D eigenvalue weighted by Gasteiger charge is 2.27. The fourth-order valence-corrected chi connectivity index (χ4v) is 3.43. The number of rotatable bonds is 5. The molecule has 2 aromatic heterocycles. The van der Waals surface area contributed by atoms with Crippen molar-refractivity contribution in [2.75, 3.05) is 5.73 Å². The number of anilines is 1. The van der Waals surface area contributed by atoms with Crippen LogP contribution in [0.15, 0.2) is 28.2 Å². The summed E-state index contributed by atoms with van der Waals surface area (Å²) in [5.74, 6) is 0.927. The Balaban J connectivity index is 1.72. The molecule has 0 aromatic carbocycles. The third-order valence-corrected chi connectivity index (χ3v) is 4.62. The topological polar surface area (TPSA) is 72.4 Å². The van der Waals surface area contributed by atoms with Crippen molar-refractivity contribution in [1.82, 2.24) is 9.88 Å². The Kier molecular flexibility index (Phi) is 4.24. The SMILES string of the molecule is Nc1nc(CC(=O)N(Cc2ccco2)C2CCCC2)cs1. The Hall–Kier alpha value is -1.82. The molecule has 0 unspecified atom stereocenters. The van der Waals surface area contributed by atoms with E-state index in [0.29, 0.717) is 24.1 Å². The molecule has 2 aromatic rings. The molecule has 0 saturated heterocycles. The van der Waals surface area contributed by atoms with Crippen molar-refractivity contribution in [1.29, 1.82) is 0 Å². The lowest BCUT2D eigenvalue weighted by Gasteiger charge is -2.28. The van der Waals surface area contributed by atoms with Crippen molar-refractivity contribution in [3.05, 3.63) is 35.2 Å². The zero-order valence-electron chi connectivity index (χ0n) is 11.8. The number of nitrogens with zero attached hydrogens (tertiary/aromatic N) is 2. The van der Waals surface area contributed by atoms with Gasteiger partial charge in [0, 0.05) is 11.4 Å². The highest BCUT2D eigenvalue weighted by atomic mass is 32.1. The van der Waals surface area contributed by atoms with E-state index in [1.165, 1.54) is 24.2 Å². The summed E-state index contributed by atoms with van der Waals surface area (Å²) in [6, 6.07) is 4.09. The van der Waals surface area contributed by atoms with E-state index in [-0.39, 0.29) is 5.91 Å². The Morgan fingerprint density at radius 2 is 2.29 bits per heavy atom. The molecule has 0 spiro atoms. The van der Waals surface area contributed by atoms with Crippen LogP contribution in [0, 0.1) is 0 Å². The fraction of sp³-hybridized carbons (Fsp3) is 0.467. The zero-order chi connectivity index (χ0) is 14.7. The van der Waals surface area contributed by atoms with Crippen molar-refractivity contribution in [3.8, 4) is 0 Å². The van der Waals surface area contributed by atoms with E-state index in [9.17, 15) is 4.79 Å². The summed E-state index contributed by atoms with van der Waals surface area (Å²) < 4.78 is 5.40. The average Bonchev–Trinajstić information content (AvgIpc) is 3.18. The maximum Gasteiger partial charge on any atom is 0.229 e. The van der Waals surface area contributed by atoms with Gasteiger partial charge in [0.15, 0.2) is 5.13 Å². The van der Waals surface area contributed by atoms with E-state index in [0.717, 1.165) is 24.3 Å². The van der Waals surface area contributed by atoms with Crippen molar-refractivity contribution >= 4 is 22.4 Å². The molecule has 2 heterocycles. The van der Waals surface area contributed by atoms with E-state index in [1.807, 2.05) is 22.4 Å². The first kappa shape index (κ1) is 14.1. The van der Waals surface area contributed by atoms with Crippen LogP contribution in [0.4, 0.5) is 5.13 Å². The fourth-order valence-electron chi connectivity index (χ4n) is 2.87.